The van der Waals surface area contributed by atoms with E-state index in [2.05, 4.69) is 26.8 Å². The fraction of sp³-hybridized carbons (Fsp3) is 0.688. The van der Waals surface area contributed by atoms with Gasteiger partial charge in [0.2, 0.25) is 0 Å². The van der Waals surface area contributed by atoms with E-state index in [1.165, 1.54) is 10.4 Å². The minimum absolute atomic E-state index is 0.277. The van der Waals surface area contributed by atoms with Crippen molar-refractivity contribution in [3.05, 3.63) is 21.4 Å². The molecule has 1 rings (SSSR count). The van der Waals surface area contributed by atoms with Crippen LogP contribution in [0, 0.1) is 5.41 Å². The summed E-state index contributed by atoms with van der Waals surface area (Å²) in [6, 6.07) is 2.15. The summed E-state index contributed by atoms with van der Waals surface area (Å²) in [5.41, 5.74) is 1.12. The van der Waals surface area contributed by atoms with E-state index in [0.29, 0.717) is 5.92 Å². The van der Waals surface area contributed by atoms with E-state index in [4.69, 9.17) is 0 Å². The van der Waals surface area contributed by atoms with Gasteiger partial charge < -0.3 is 0 Å². The molecule has 0 aliphatic carbocycles. The van der Waals surface area contributed by atoms with Crippen LogP contribution in [0.15, 0.2) is 6.07 Å². The van der Waals surface area contributed by atoms with Crippen LogP contribution < -0.4 is 0 Å². The summed E-state index contributed by atoms with van der Waals surface area (Å²) in [6.45, 7) is 12.7. The van der Waals surface area contributed by atoms with Crippen molar-refractivity contribution in [2.24, 2.45) is 5.41 Å². The molecule has 2 heteroatoms. The number of thiophene rings is 1. The Hall–Kier alpha value is -0.630. The van der Waals surface area contributed by atoms with E-state index in [9.17, 15) is 4.79 Å². The van der Waals surface area contributed by atoms with E-state index < -0.39 is 0 Å². The second kappa shape index (κ2) is 6.01. The van der Waals surface area contributed by atoms with Gasteiger partial charge in [0.1, 0.15) is 0 Å². The number of carbonyl (C=O) groups excluding carboxylic acids is 1. The van der Waals surface area contributed by atoms with Crippen LogP contribution in [0.5, 0.6) is 0 Å². The summed E-state index contributed by atoms with van der Waals surface area (Å²) in [5, 5.41) is 0. The zero-order valence-electron chi connectivity index (χ0n) is 12.6. The van der Waals surface area contributed by atoms with Crippen molar-refractivity contribution in [1.82, 2.24) is 0 Å². The van der Waals surface area contributed by atoms with Crippen LogP contribution in [-0.2, 0) is 6.42 Å². The molecular formula is C16H26OS. The third-order valence-electron chi connectivity index (χ3n) is 3.37. The van der Waals surface area contributed by atoms with Gasteiger partial charge in [0.05, 0.1) is 4.88 Å². The van der Waals surface area contributed by atoms with Crippen molar-refractivity contribution in [2.75, 3.05) is 0 Å². The van der Waals surface area contributed by atoms with Gasteiger partial charge in [0.25, 0.3) is 0 Å². The third-order valence-corrected chi connectivity index (χ3v) is 4.58. The number of aryl methyl sites for hydroxylation is 1. The summed E-state index contributed by atoms with van der Waals surface area (Å²) in [5.74, 6) is 0.837. The first-order valence-electron chi connectivity index (χ1n) is 6.98. The fourth-order valence-corrected chi connectivity index (χ4v) is 3.52. The molecule has 0 N–H and O–H groups in total. The minimum atomic E-state index is -0.277. The van der Waals surface area contributed by atoms with Gasteiger partial charge in [0, 0.05) is 10.3 Å². The van der Waals surface area contributed by atoms with Gasteiger partial charge in [-0.25, -0.2) is 0 Å². The first-order chi connectivity index (χ1) is 8.31. The van der Waals surface area contributed by atoms with Crippen molar-refractivity contribution < 1.29 is 4.79 Å². The summed E-state index contributed by atoms with van der Waals surface area (Å²) in [4.78, 5) is 14.7. The van der Waals surface area contributed by atoms with Crippen molar-refractivity contribution in [1.29, 1.82) is 0 Å². The van der Waals surface area contributed by atoms with Gasteiger partial charge in [0.15, 0.2) is 5.78 Å². The molecule has 18 heavy (non-hydrogen) atoms. The molecule has 1 aromatic heterocycles. The molecule has 0 fully saturated rings. The quantitative estimate of drug-likeness (QED) is 0.648. The SMILES string of the molecule is CCCc1sc(C(=O)C(C)(C)C)cc1C(C)CC. The van der Waals surface area contributed by atoms with Crippen LogP contribution in [0.1, 0.15) is 80.4 Å². The second-order valence-corrected chi connectivity index (χ2v) is 7.26. The molecule has 0 spiro atoms. The molecule has 1 unspecified atom stereocenters. The molecule has 0 bridgehead atoms. The molecular weight excluding hydrogens is 240 g/mol. The molecule has 0 aromatic carbocycles. The Labute approximate surface area is 116 Å². The lowest BCUT2D eigenvalue weighted by Gasteiger charge is -2.14. The molecule has 0 aliphatic rings. The van der Waals surface area contributed by atoms with Gasteiger partial charge in [-0.3, -0.25) is 4.79 Å². The van der Waals surface area contributed by atoms with Crippen molar-refractivity contribution in [3.8, 4) is 0 Å². The topological polar surface area (TPSA) is 17.1 Å². The van der Waals surface area contributed by atoms with E-state index in [0.717, 1.165) is 24.1 Å². The minimum Gasteiger partial charge on any atom is -0.293 e. The van der Waals surface area contributed by atoms with Gasteiger partial charge >= 0.3 is 0 Å². The molecule has 0 aliphatic heterocycles. The van der Waals surface area contributed by atoms with Crippen LogP contribution >= 0.6 is 11.3 Å². The van der Waals surface area contributed by atoms with Crippen LogP contribution in [0.25, 0.3) is 0 Å². The van der Waals surface area contributed by atoms with Gasteiger partial charge in [-0.15, -0.1) is 11.3 Å². The predicted octanol–water partition coefficient (Wildman–Crippen LogP) is 5.44. The van der Waals surface area contributed by atoms with Crippen molar-refractivity contribution in [2.45, 2.75) is 66.7 Å². The van der Waals surface area contributed by atoms with Gasteiger partial charge in [-0.2, -0.15) is 0 Å². The lowest BCUT2D eigenvalue weighted by atomic mass is 9.89. The standard InChI is InChI=1S/C16H26OS/c1-7-9-13-12(11(3)8-2)10-14(18-13)15(17)16(4,5)6/h10-11H,7-9H2,1-6H3. The highest BCUT2D eigenvalue weighted by atomic mass is 32.1. The summed E-state index contributed by atoms with van der Waals surface area (Å²) < 4.78 is 0. The lowest BCUT2D eigenvalue weighted by molar-refractivity contribution is 0.0862. The van der Waals surface area contributed by atoms with Crippen LogP contribution in [0.3, 0.4) is 0 Å². The normalized spacial score (nSPS) is 13.7. The largest absolute Gasteiger partial charge is 0.293 e. The van der Waals surface area contributed by atoms with Crippen molar-refractivity contribution in [3.63, 3.8) is 0 Å². The maximum atomic E-state index is 12.4. The number of hydrogen-bond acceptors (Lipinski definition) is 2. The highest BCUT2D eigenvalue weighted by molar-refractivity contribution is 7.14. The fourth-order valence-electron chi connectivity index (χ4n) is 1.98. The van der Waals surface area contributed by atoms with Crippen molar-refractivity contribution >= 4 is 17.1 Å². The van der Waals surface area contributed by atoms with E-state index in [-0.39, 0.29) is 11.2 Å². The Morgan fingerprint density at radius 3 is 2.39 bits per heavy atom. The maximum absolute atomic E-state index is 12.4. The van der Waals surface area contributed by atoms with Gasteiger partial charge in [-0.05, 0) is 30.4 Å². The summed E-state index contributed by atoms with van der Waals surface area (Å²) in [6.07, 6.45) is 3.38. The molecule has 0 radical (unpaired) electrons. The smallest absolute Gasteiger partial charge is 0.178 e. The average Bonchev–Trinajstić information content (AvgIpc) is 2.70. The number of Topliss-reactive ketones (excluding diaryl/α,β-unsaturated/α-hetero) is 1. The Morgan fingerprint density at radius 2 is 1.94 bits per heavy atom. The molecule has 1 aromatic rings. The number of carbonyl (C=O) groups is 1. The predicted molar refractivity (Wildman–Crippen MR) is 80.8 cm³/mol. The molecule has 0 saturated heterocycles. The highest BCUT2D eigenvalue weighted by Crippen LogP contribution is 2.34. The molecule has 1 atom stereocenters. The molecule has 0 saturated carbocycles. The van der Waals surface area contributed by atoms with E-state index in [1.807, 2.05) is 20.8 Å². The Balaban J connectivity index is 3.13. The number of rotatable bonds is 5. The third kappa shape index (κ3) is 3.44. The Kier molecular flexibility index (Phi) is 5.15. The molecule has 0 amide bonds. The highest BCUT2D eigenvalue weighted by Gasteiger charge is 2.26. The molecule has 1 nitrogen and oxygen atoms in total. The van der Waals surface area contributed by atoms with E-state index >= 15 is 0 Å². The van der Waals surface area contributed by atoms with Crippen LogP contribution in [0.2, 0.25) is 0 Å². The number of hydrogen-bond donors (Lipinski definition) is 0. The van der Waals surface area contributed by atoms with Crippen LogP contribution in [0.4, 0.5) is 0 Å². The summed E-state index contributed by atoms with van der Waals surface area (Å²) >= 11 is 1.71. The van der Waals surface area contributed by atoms with Gasteiger partial charge in [-0.1, -0.05) is 48.0 Å². The molecule has 1 heterocycles. The lowest BCUT2D eigenvalue weighted by Crippen LogP contribution is -2.18. The average molecular weight is 266 g/mol. The Bertz CT molecular complexity index is 409. The first-order valence-corrected chi connectivity index (χ1v) is 7.80. The van der Waals surface area contributed by atoms with E-state index in [1.54, 1.807) is 11.3 Å². The second-order valence-electron chi connectivity index (χ2n) is 6.13. The summed E-state index contributed by atoms with van der Waals surface area (Å²) in [7, 11) is 0. The monoisotopic (exact) mass is 266 g/mol. The molecule has 102 valence electrons. The zero-order chi connectivity index (χ0) is 13.9. The zero-order valence-corrected chi connectivity index (χ0v) is 13.4. The number of ketones is 1. The maximum Gasteiger partial charge on any atom is 0.178 e. The first kappa shape index (κ1) is 15.4. The Morgan fingerprint density at radius 1 is 1.33 bits per heavy atom. The van der Waals surface area contributed by atoms with Crippen LogP contribution in [-0.4, -0.2) is 5.78 Å².